The monoisotopic (exact) mass is 403 g/mol. The summed E-state index contributed by atoms with van der Waals surface area (Å²) in [6.45, 7) is 1.60. The zero-order valence-electron chi connectivity index (χ0n) is 14.7. The molecule has 0 aliphatic carbocycles. The lowest BCUT2D eigenvalue weighted by molar-refractivity contribution is -0.0884. The molecule has 0 spiro atoms. The van der Waals surface area contributed by atoms with Gasteiger partial charge < -0.3 is 10.0 Å². The number of alkyl halides is 3. The van der Waals surface area contributed by atoms with E-state index >= 15 is 0 Å². The second-order valence-electron chi connectivity index (χ2n) is 6.41. The molecule has 0 amide bonds. The van der Waals surface area contributed by atoms with E-state index < -0.39 is 18.1 Å². The Kier molecular flexibility index (Phi) is 7.52. The molecule has 1 fully saturated rings. The van der Waals surface area contributed by atoms with Crippen LogP contribution in [0.15, 0.2) is 41.8 Å². The molecule has 2 aromatic rings. The molecule has 1 aliphatic rings. The molecule has 0 radical (unpaired) electrons. The fraction of sp³-hybridized carbons (Fsp3) is 0.421. The number of piperidine rings is 1. The third-order valence-corrected chi connectivity index (χ3v) is 5.35. The summed E-state index contributed by atoms with van der Waals surface area (Å²) in [4.78, 5) is 13.1. The van der Waals surface area contributed by atoms with Crippen LogP contribution in [0.25, 0.3) is 0 Å². The number of aliphatic hydroxyl groups is 1. The number of halogens is 4. The van der Waals surface area contributed by atoms with Gasteiger partial charge in [0.1, 0.15) is 5.82 Å². The van der Waals surface area contributed by atoms with Gasteiger partial charge in [0.25, 0.3) is 5.78 Å². The number of hydrogen-bond acceptors (Lipinski definition) is 4. The first-order valence-electron chi connectivity index (χ1n) is 8.46. The molecule has 0 saturated carbocycles. The number of carbonyl (C=O) groups is 1. The molecule has 1 atom stereocenters. The number of benzene rings is 1. The standard InChI is InChI=1S/C13H16F3NO2S.C6H5F/c1-17-5-2-8(3-6-17)10(18)9-4-7-20-11(9)12(19)13(14,15)16;7-6-4-2-1-3-5-6/h4,7-8,10,18H,2-3,5-6H2,1H3;1-5H. The molecule has 3 rings (SSSR count). The maximum Gasteiger partial charge on any atom is 0.455 e. The zero-order valence-corrected chi connectivity index (χ0v) is 15.6. The summed E-state index contributed by atoms with van der Waals surface area (Å²) in [6.07, 6.45) is -4.47. The summed E-state index contributed by atoms with van der Waals surface area (Å²) in [7, 11) is 1.96. The highest BCUT2D eigenvalue weighted by molar-refractivity contribution is 7.12. The van der Waals surface area contributed by atoms with E-state index in [0.717, 1.165) is 24.4 Å². The average molecular weight is 403 g/mol. The minimum absolute atomic E-state index is 0.0967. The molecule has 148 valence electrons. The number of aliphatic hydroxyl groups excluding tert-OH is 1. The van der Waals surface area contributed by atoms with E-state index in [1.165, 1.54) is 23.6 Å². The van der Waals surface area contributed by atoms with Gasteiger partial charge in [-0.05, 0) is 62.5 Å². The lowest BCUT2D eigenvalue weighted by atomic mass is 9.87. The number of carbonyl (C=O) groups excluding carboxylic acids is 1. The van der Waals surface area contributed by atoms with Gasteiger partial charge in [0.15, 0.2) is 0 Å². The Morgan fingerprint density at radius 2 is 1.78 bits per heavy atom. The number of hydrogen-bond donors (Lipinski definition) is 1. The van der Waals surface area contributed by atoms with E-state index in [4.69, 9.17) is 0 Å². The first-order valence-corrected chi connectivity index (χ1v) is 9.34. The predicted octanol–water partition coefficient (Wildman–Crippen LogP) is 4.69. The van der Waals surface area contributed by atoms with Crippen molar-refractivity contribution in [3.8, 4) is 0 Å². The van der Waals surface area contributed by atoms with Crippen molar-refractivity contribution in [1.82, 2.24) is 4.90 Å². The summed E-state index contributed by atoms with van der Waals surface area (Å²) >= 11 is 0.737. The van der Waals surface area contributed by atoms with Crippen LogP contribution >= 0.6 is 11.3 Å². The molecular formula is C19H21F4NO2S. The van der Waals surface area contributed by atoms with Gasteiger partial charge in [-0.3, -0.25) is 4.79 Å². The van der Waals surface area contributed by atoms with Gasteiger partial charge in [0.05, 0.1) is 11.0 Å². The second kappa shape index (κ2) is 9.43. The Bertz CT molecular complexity index is 725. The van der Waals surface area contributed by atoms with Crippen molar-refractivity contribution in [2.24, 2.45) is 5.92 Å². The highest BCUT2D eigenvalue weighted by atomic mass is 32.1. The van der Waals surface area contributed by atoms with Crippen LogP contribution in [-0.2, 0) is 0 Å². The first kappa shape index (κ1) is 21.5. The maximum atomic E-state index is 12.5. The van der Waals surface area contributed by atoms with Crippen molar-refractivity contribution in [2.45, 2.75) is 25.1 Å². The summed E-state index contributed by atoms with van der Waals surface area (Å²) in [6, 6.07) is 9.36. The van der Waals surface area contributed by atoms with Crippen molar-refractivity contribution in [1.29, 1.82) is 0 Å². The van der Waals surface area contributed by atoms with E-state index in [1.807, 2.05) is 7.05 Å². The predicted molar refractivity (Wildman–Crippen MR) is 96.3 cm³/mol. The van der Waals surface area contributed by atoms with Crippen LogP contribution in [0.5, 0.6) is 0 Å². The van der Waals surface area contributed by atoms with Gasteiger partial charge in [-0.25, -0.2) is 4.39 Å². The number of likely N-dealkylation sites (tertiary alicyclic amines) is 1. The lowest BCUT2D eigenvalue weighted by Gasteiger charge is -2.32. The van der Waals surface area contributed by atoms with E-state index in [2.05, 4.69) is 4.90 Å². The molecule has 1 aliphatic heterocycles. The SMILES string of the molecule is CN1CCC(C(O)c2ccsc2C(=O)C(F)(F)F)CC1.Fc1ccccc1. The number of nitrogens with zero attached hydrogens (tertiary/aromatic N) is 1. The number of thiophene rings is 1. The molecule has 3 nitrogen and oxygen atoms in total. The highest BCUT2D eigenvalue weighted by Gasteiger charge is 2.42. The van der Waals surface area contributed by atoms with Crippen molar-refractivity contribution in [3.05, 3.63) is 58.0 Å². The minimum Gasteiger partial charge on any atom is -0.388 e. The summed E-state index contributed by atoms with van der Waals surface area (Å²) in [5.41, 5.74) is 0.117. The number of rotatable bonds is 3. The average Bonchev–Trinajstić information content (AvgIpc) is 3.11. The number of ketones is 1. The normalized spacial score (nSPS) is 17.1. The highest BCUT2D eigenvalue weighted by Crippen LogP contribution is 2.36. The molecule has 2 heterocycles. The summed E-state index contributed by atoms with van der Waals surface area (Å²) < 4.78 is 49.5. The van der Waals surface area contributed by atoms with Gasteiger partial charge in [0.2, 0.25) is 0 Å². The lowest BCUT2D eigenvalue weighted by Crippen LogP contribution is -2.33. The quantitative estimate of drug-likeness (QED) is 0.597. The Morgan fingerprint density at radius 3 is 2.26 bits per heavy atom. The van der Waals surface area contributed by atoms with Crippen LogP contribution in [0.3, 0.4) is 0 Å². The van der Waals surface area contributed by atoms with Gasteiger partial charge in [-0.2, -0.15) is 13.2 Å². The maximum absolute atomic E-state index is 12.5. The Balaban J connectivity index is 0.000000313. The van der Waals surface area contributed by atoms with Crippen LogP contribution < -0.4 is 0 Å². The first-order chi connectivity index (χ1) is 12.7. The van der Waals surface area contributed by atoms with Gasteiger partial charge in [-0.15, -0.1) is 11.3 Å². The third-order valence-electron chi connectivity index (χ3n) is 4.42. The summed E-state index contributed by atoms with van der Waals surface area (Å²) in [5.74, 6) is -2.14. The number of Topliss-reactive ketones (excluding diaryl/α,β-unsaturated/α-hetero) is 1. The Morgan fingerprint density at radius 1 is 1.19 bits per heavy atom. The van der Waals surface area contributed by atoms with Gasteiger partial charge >= 0.3 is 6.18 Å². The van der Waals surface area contributed by atoms with Crippen molar-refractivity contribution in [2.75, 3.05) is 20.1 Å². The van der Waals surface area contributed by atoms with Crippen LogP contribution in [0.4, 0.5) is 17.6 Å². The molecular weight excluding hydrogens is 382 g/mol. The van der Waals surface area contributed by atoms with Crippen LogP contribution in [-0.4, -0.2) is 42.1 Å². The van der Waals surface area contributed by atoms with Crippen molar-refractivity contribution >= 4 is 17.1 Å². The Hall–Kier alpha value is -1.77. The van der Waals surface area contributed by atoms with Gasteiger partial charge in [0, 0.05) is 5.56 Å². The molecule has 0 bridgehead atoms. The fourth-order valence-electron chi connectivity index (χ4n) is 2.88. The molecule has 1 aromatic heterocycles. The zero-order chi connectivity index (χ0) is 20.0. The fourth-order valence-corrected chi connectivity index (χ4v) is 3.78. The topological polar surface area (TPSA) is 40.5 Å². The van der Waals surface area contributed by atoms with E-state index in [-0.39, 0.29) is 22.2 Å². The molecule has 8 heteroatoms. The van der Waals surface area contributed by atoms with E-state index in [1.54, 1.807) is 18.2 Å². The van der Waals surface area contributed by atoms with Crippen LogP contribution in [0.1, 0.15) is 34.2 Å². The van der Waals surface area contributed by atoms with Crippen LogP contribution in [0, 0.1) is 11.7 Å². The molecule has 1 saturated heterocycles. The molecule has 1 aromatic carbocycles. The third kappa shape index (κ3) is 6.12. The Labute approximate surface area is 159 Å². The largest absolute Gasteiger partial charge is 0.455 e. The molecule has 1 unspecified atom stereocenters. The molecule has 1 N–H and O–H groups in total. The van der Waals surface area contributed by atoms with Gasteiger partial charge in [-0.1, -0.05) is 18.2 Å². The summed E-state index contributed by atoms with van der Waals surface area (Å²) in [5, 5.41) is 11.7. The van der Waals surface area contributed by atoms with E-state index in [9.17, 15) is 27.5 Å². The molecule has 27 heavy (non-hydrogen) atoms. The van der Waals surface area contributed by atoms with E-state index in [0.29, 0.717) is 12.8 Å². The second-order valence-corrected chi connectivity index (χ2v) is 7.33. The van der Waals surface area contributed by atoms with Crippen molar-refractivity contribution < 1.29 is 27.5 Å². The minimum atomic E-state index is -4.90. The van der Waals surface area contributed by atoms with Crippen molar-refractivity contribution in [3.63, 3.8) is 0 Å². The van der Waals surface area contributed by atoms with Crippen LogP contribution in [0.2, 0.25) is 0 Å². The smallest absolute Gasteiger partial charge is 0.388 e.